The standard InChI is InChI=1S/C27H29N3O5S/c1-27(2,3)29-25(31)20-13-7-8-14-21(20)28-26(32)24-17-30(22-15-9-10-16-23(22)35-24)36(33,34)18-19-11-5-4-6-12-19/h4-16,24H,17-18H2,1-3H3,(H,28,32)(H,29,31)/t24-/m0/s1. The number of fused-ring (bicyclic) bond motifs is 1. The number of hydrogen-bond donors (Lipinski definition) is 2. The molecule has 0 unspecified atom stereocenters. The van der Waals surface area contributed by atoms with E-state index in [0.29, 0.717) is 28.3 Å². The Morgan fingerprint density at radius 3 is 2.31 bits per heavy atom. The topological polar surface area (TPSA) is 105 Å². The lowest BCUT2D eigenvalue weighted by Gasteiger charge is -2.34. The zero-order chi connectivity index (χ0) is 25.9. The minimum absolute atomic E-state index is 0.200. The van der Waals surface area contributed by atoms with E-state index < -0.39 is 27.6 Å². The Bertz CT molecular complexity index is 1370. The van der Waals surface area contributed by atoms with Gasteiger partial charge in [-0.2, -0.15) is 0 Å². The Balaban J connectivity index is 1.59. The molecule has 36 heavy (non-hydrogen) atoms. The van der Waals surface area contributed by atoms with E-state index in [-0.39, 0.29) is 18.2 Å². The van der Waals surface area contributed by atoms with Gasteiger partial charge in [-0.1, -0.05) is 54.6 Å². The molecule has 1 aliphatic rings. The van der Waals surface area contributed by atoms with Crippen LogP contribution in [0, 0.1) is 0 Å². The molecule has 0 saturated carbocycles. The molecular formula is C27H29N3O5S. The van der Waals surface area contributed by atoms with Crippen LogP contribution in [0.25, 0.3) is 0 Å². The Morgan fingerprint density at radius 1 is 0.944 bits per heavy atom. The highest BCUT2D eigenvalue weighted by atomic mass is 32.2. The van der Waals surface area contributed by atoms with Gasteiger partial charge in [0.05, 0.1) is 29.2 Å². The fraction of sp³-hybridized carbons (Fsp3) is 0.259. The van der Waals surface area contributed by atoms with Gasteiger partial charge in [-0.25, -0.2) is 8.42 Å². The smallest absolute Gasteiger partial charge is 0.267 e. The lowest BCUT2D eigenvalue weighted by molar-refractivity contribution is -0.122. The molecule has 2 amide bonds. The molecule has 0 aromatic heterocycles. The second kappa shape index (κ2) is 10.0. The van der Waals surface area contributed by atoms with Crippen molar-refractivity contribution in [1.82, 2.24) is 5.32 Å². The van der Waals surface area contributed by atoms with Crippen molar-refractivity contribution in [2.45, 2.75) is 38.2 Å². The van der Waals surface area contributed by atoms with Gasteiger partial charge < -0.3 is 15.4 Å². The van der Waals surface area contributed by atoms with Gasteiger partial charge in [0.25, 0.3) is 11.8 Å². The molecule has 3 aromatic rings. The molecule has 0 bridgehead atoms. The summed E-state index contributed by atoms with van der Waals surface area (Å²) in [5, 5.41) is 5.64. The molecule has 9 heteroatoms. The summed E-state index contributed by atoms with van der Waals surface area (Å²) in [4.78, 5) is 26.1. The fourth-order valence-corrected chi connectivity index (χ4v) is 5.46. The van der Waals surface area contributed by atoms with E-state index in [2.05, 4.69) is 10.6 Å². The number of nitrogens with one attached hydrogen (secondary N) is 2. The third kappa shape index (κ3) is 5.85. The van der Waals surface area contributed by atoms with Crippen molar-refractivity contribution >= 4 is 33.2 Å². The molecule has 1 atom stereocenters. The largest absolute Gasteiger partial charge is 0.476 e. The predicted molar refractivity (Wildman–Crippen MR) is 140 cm³/mol. The fourth-order valence-electron chi connectivity index (χ4n) is 3.88. The first-order valence-electron chi connectivity index (χ1n) is 11.6. The molecule has 0 saturated heterocycles. The number of sulfonamides is 1. The molecular weight excluding hydrogens is 478 g/mol. The molecule has 2 N–H and O–H groups in total. The first-order valence-corrected chi connectivity index (χ1v) is 13.2. The van der Waals surface area contributed by atoms with Gasteiger partial charge in [0.15, 0.2) is 6.10 Å². The third-order valence-corrected chi connectivity index (χ3v) is 7.19. The average Bonchev–Trinajstić information content (AvgIpc) is 2.83. The number of anilines is 2. The highest BCUT2D eigenvalue weighted by Gasteiger charge is 2.37. The summed E-state index contributed by atoms with van der Waals surface area (Å²) in [6.45, 7) is 5.39. The Morgan fingerprint density at radius 2 is 1.58 bits per heavy atom. The van der Waals surface area contributed by atoms with Gasteiger partial charge >= 0.3 is 0 Å². The zero-order valence-corrected chi connectivity index (χ0v) is 21.2. The average molecular weight is 508 g/mol. The lowest BCUT2D eigenvalue weighted by Crippen LogP contribution is -2.49. The van der Waals surface area contributed by atoms with Gasteiger partial charge in [-0.3, -0.25) is 13.9 Å². The Hall–Kier alpha value is -3.85. The van der Waals surface area contributed by atoms with Crippen LogP contribution in [-0.2, 0) is 20.6 Å². The van der Waals surface area contributed by atoms with Crippen LogP contribution in [-0.4, -0.2) is 38.4 Å². The maximum Gasteiger partial charge on any atom is 0.267 e. The second-order valence-electron chi connectivity index (χ2n) is 9.59. The highest BCUT2D eigenvalue weighted by Crippen LogP contribution is 2.36. The maximum atomic E-state index is 13.4. The number of nitrogens with zero attached hydrogens (tertiary/aromatic N) is 1. The maximum absolute atomic E-state index is 13.4. The lowest BCUT2D eigenvalue weighted by atomic mass is 10.1. The van der Waals surface area contributed by atoms with E-state index in [0.717, 1.165) is 0 Å². The number of carbonyl (C=O) groups excluding carboxylic acids is 2. The number of benzene rings is 3. The summed E-state index contributed by atoms with van der Waals surface area (Å²) < 4.78 is 33.9. The number of hydrogen-bond acceptors (Lipinski definition) is 5. The number of carbonyl (C=O) groups is 2. The van der Waals surface area contributed by atoms with Crippen LogP contribution in [0.1, 0.15) is 36.7 Å². The normalized spacial score (nSPS) is 15.4. The molecule has 3 aromatic carbocycles. The summed E-state index contributed by atoms with van der Waals surface area (Å²) in [6.07, 6.45) is -1.12. The van der Waals surface area contributed by atoms with E-state index in [1.54, 1.807) is 72.8 Å². The molecule has 1 heterocycles. The monoisotopic (exact) mass is 507 g/mol. The quantitative estimate of drug-likeness (QED) is 0.526. The first-order chi connectivity index (χ1) is 17.0. The van der Waals surface area contributed by atoms with Crippen LogP contribution in [0.5, 0.6) is 5.75 Å². The zero-order valence-electron chi connectivity index (χ0n) is 20.4. The van der Waals surface area contributed by atoms with Crippen LogP contribution in [0.15, 0.2) is 78.9 Å². The van der Waals surface area contributed by atoms with E-state index in [4.69, 9.17) is 4.74 Å². The Labute approximate surface area is 211 Å². The summed E-state index contributed by atoms with van der Waals surface area (Å²) >= 11 is 0. The van der Waals surface area contributed by atoms with Crippen LogP contribution in [0.2, 0.25) is 0 Å². The molecule has 0 radical (unpaired) electrons. The van der Waals surface area contributed by atoms with Crippen LogP contribution in [0.3, 0.4) is 0 Å². The van der Waals surface area contributed by atoms with Gasteiger partial charge in [0, 0.05) is 5.54 Å². The van der Waals surface area contributed by atoms with Crippen molar-refractivity contribution in [1.29, 1.82) is 0 Å². The SMILES string of the molecule is CC(C)(C)NC(=O)c1ccccc1NC(=O)[C@@H]1CN(S(=O)(=O)Cc2ccccc2)c2ccccc2O1. The van der Waals surface area contributed by atoms with Crippen molar-refractivity contribution in [3.8, 4) is 5.75 Å². The number of rotatable bonds is 6. The minimum Gasteiger partial charge on any atom is -0.476 e. The van der Waals surface area contributed by atoms with Gasteiger partial charge in [0.2, 0.25) is 10.0 Å². The number of ether oxygens (including phenoxy) is 1. The molecule has 188 valence electrons. The molecule has 1 aliphatic heterocycles. The number of para-hydroxylation sites is 3. The van der Waals surface area contributed by atoms with Crippen molar-refractivity contribution in [3.63, 3.8) is 0 Å². The molecule has 4 rings (SSSR count). The van der Waals surface area contributed by atoms with E-state index in [1.807, 2.05) is 26.8 Å². The van der Waals surface area contributed by atoms with E-state index in [1.165, 1.54) is 4.31 Å². The van der Waals surface area contributed by atoms with Crippen LogP contribution < -0.4 is 19.7 Å². The highest BCUT2D eigenvalue weighted by molar-refractivity contribution is 7.92. The third-order valence-electron chi connectivity index (χ3n) is 5.47. The van der Waals surface area contributed by atoms with Crippen molar-refractivity contribution < 1.29 is 22.7 Å². The summed E-state index contributed by atoms with van der Waals surface area (Å²) in [7, 11) is -3.82. The van der Waals surface area contributed by atoms with Gasteiger partial charge in [0.1, 0.15) is 5.75 Å². The molecule has 0 spiro atoms. The number of amides is 2. The van der Waals surface area contributed by atoms with E-state index in [9.17, 15) is 18.0 Å². The van der Waals surface area contributed by atoms with Crippen LogP contribution >= 0.6 is 0 Å². The van der Waals surface area contributed by atoms with Crippen LogP contribution in [0.4, 0.5) is 11.4 Å². The van der Waals surface area contributed by atoms with Gasteiger partial charge in [-0.05, 0) is 50.6 Å². The predicted octanol–water partition coefficient (Wildman–Crippen LogP) is 3.95. The van der Waals surface area contributed by atoms with Crippen molar-refractivity contribution in [3.05, 3.63) is 90.0 Å². The van der Waals surface area contributed by atoms with Gasteiger partial charge in [-0.15, -0.1) is 0 Å². The molecule has 0 aliphatic carbocycles. The molecule has 0 fully saturated rings. The van der Waals surface area contributed by atoms with Crippen molar-refractivity contribution in [2.24, 2.45) is 0 Å². The minimum atomic E-state index is -3.82. The summed E-state index contributed by atoms with van der Waals surface area (Å²) in [5.41, 5.74) is 1.16. The Kier molecular flexibility index (Phi) is 7.03. The summed E-state index contributed by atoms with van der Waals surface area (Å²) in [5.74, 6) is -0.813. The first kappa shape index (κ1) is 25.2. The summed E-state index contributed by atoms with van der Waals surface area (Å²) in [6, 6.07) is 22.2. The molecule has 8 nitrogen and oxygen atoms in total. The van der Waals surface area contributed by atoms with Crippen molar-refractivity contribution in [2.75, 3.05) is 16.2 Å². The van der Waals surface area contributed by atoms with E-state index >= 15 is 0 Å². The second-order valence-corrected chi connectivity index (χ2v) is 11.5.